The fraction of sp³-hybridized carbons (Fsp3) is 0.0556. The second-order valence-electron chi connectivity index (χ2n) is 5.54. The summed E-state index contributed by atoms with van der Waals surface area (Å²) in [5.41, 5.74) is 2.96. The minimum absolute atomic E-state index is 0.325. The van der Waals surface area contributed by atoms with Gasteiger partial charge in [-0.3, -0.25) is 4.98 Å². The Morgan fingerprint density at radius 3 is 2.65 bits per heavy atom. The molecule has 8 heteroatoms. The highest BCUT2D eigenvalue weighted by molar-refractivity contribution is 7.98. The average molecular weight is 403 g/mol. The molecular formula is C18H12Cl2N4OS. The standard InChI is InChI=1S/C18H12Cl2N4OS/c19-14-7-6-11(8-15(14)20)10-26-17-22-16-13(12-4-2-1-3-5-12)9-21-24(16)18(25)23-17/h1-9H,10H2,(H,22,23,25). The minimum Gasteiger partial charge on any atom is -0.285 e. The first-order valence-corrected chi connectivity index (χ1v) is 9.46. The number of hydrogen-bond donors (Lipinski definition) is 1. The number of thioether (sulfide) groups is 1. The lowest BCUT2D eigenvalue weighted by Crippen LogP contribution is -2.19. The lowest BCUT2D eigenvalue weighted by molar-refractivity contribution is 0.786. The van der Waals surface area contributed by atoms with Crippen LogP contribution in [-0.2, 0) is 5.75 Å². The van der Waals surface area contributed by atoms with Crippen molar-refractivity contribution < 1.29 is 0 Å². The molecule has 0 radical (unpaired) electrons. The molecule has 4 rings (SSSR count). The zero-order valence-electron chi connectivity index (χ0n) is 13.3. The fourth-order valence-corrected chi connectivity index (χ4v) is 3.65. The number of H-pyrrole nitrogens is 1. The van der Waals surface area contributed by atoms with Gasteiger partial charge >= 0.3 is 5.69 Å². The average Bonchev–Trinajstić information content (AvgIpc) is 3.08. The molecule has 2 aromatic heterocycles. The second-order valence-corrected chi connectivity index (χ2v) is 7.32. The molecule has 0 aliphatic rings. The molecule has 5 nitrogen and oxygen atoms in total. The molecule has 0 saturated heterocycles. The summed E-state index contributed by atoms with van der Waals surface area (Å²) in [6.07, 6.45) is 1.65. The maximum Gasteiger partial charge on any atom is 0.350 e. The van der Waals surface area contributed by atoms with Crippen LogP contribution in [0.2, 0.25) is 10.0 Å². The van der Waals surface area contributed by atoms with Crippen molar-refractivity contribution >= 4 is 40.6 Å². The van der Waals surface area contributed by atoms with Crippen LogP contribution in [0.1, 0.15) is 5.56 Å². The van der Waals surface area contributed by atoms with E-state index in [1.165, 1.54) is 16.3 Å². The normalized spacial score (nSPS) is 11.2. The number of aromatic nitrogens is 4. The number of aromatic amines is 1. The zero-order valence-corrected chi connectivity index (χ0v) is 15.6. The maximum absolute atomic E-state index is 12.3. The summed E-state index contributed by atoms with van der Waals surface area (Å²) in [6, 6.07) is 15.2. The van der Waals surface area contributed by atoms with E-state index in [-0.39, 0.29) is 5.69 Å². The van der Waals surface area contributed by atoms with E-state index in [9.17, 15) is 4.79 Å². The van der Waals surface area contributed by atoms with Crippen LogP contribution in [0.5, 0.6) is 0 Å². The molecule has 0 spiro atoms. The quantitative estimate of drug-likeness (QED) is 0.503. The van der Waals surface area contributed by atoms with Crippen molar-refractivity contribution in [2.45, 2.75) is 10.9 Å². The Morgan fingerprint density at radius 1 is 1.08 bits per heavy atom. The van der Waals surface area contributed by atoms with Gasteiger partial charge in [-0.15, -0.1) is 0 Å². The zero-order chi connectivity index (χ0) is 18.1. The van der Waals surface area contributed by atoms with E-state index in [2.05, 4.69) is 15.1 Å². The molecule has 0 bridgehead atoms. The van der Waals surface area contributed by atoms with Crippen molar-refractivity contribution in [2.24, 2.45) is 0 Å². The molecule has 0 amide bonds. The van der Waals surface area contributed by atoms with E-state index in [0.29, 0.717) is 26.6 Å². The smallest absolute Gasteiger partial charge is 0.285 e. The Morgan fingerprint density at radius 2 is 1.88 bits per heavy atom. The van der Waals surface area contributed by atoms with Crippen LogP contribution in [-0.4, -0.2) is 19.6 Å². The number of fused-ring (bicyclic) bond motifs is 1. The van der Waals surface area contributed by atoms with Gasteiger partial charge in [-0.2, -0.15) is 9.61 Å². The predicted molar refractivity (Wildman–Crippen MR) is 105 cm³/mol. The number of halogens is 2. The van der Waals surface area contributed by atoms with E-state index in [0.717, 1.165) is 16.7 Å². The summed E-state index contributed by atoms with van der Waals surface area (Å²) in [4.78, 5) is 19.6. The van der Waals surface area contributed by atoms with Gasteiger partial charge < -0.3 is 0 Å². The fourth-order valence-electron chi connectivity index (χ4n) is 2.54. The molecular weight excluding hydrogens is 391 g/mol. The Kier molecular flexibility index (Phi) is 4.72. The van der Waals surface area contributed by atoms with Gasteiger partial charge in [0.2, 0.25) is 0 Å². The van der Waals surface area contributed by atoms with E-state index in [1.807, 2.05) is 42.5 Å². The number of benzene rings is 2. The van der Waals surface area contributed by atoms with Gasteiger partial charge in [0.1, 0.15) is 0 Å². The summed E-state index contributed by atoms with van der Waals surface area (Å²) in [5.74, 6) is 0.602. The highest BCUT2D eigenvalue weighted by Crippen LogP contribution is 2.27. The largest absolute Gasteiger partial charge is 0.350 e. The monoisotopic (exact) mass is 402 g/mol. The number of nitrogens with one attached hydrogen (secondary N) is 1. The predicted octanol–water partition coefficient (Wildman–Crippen LogP) is 4.68. The topological polar surface area (TPSA) is 63.0 Å². The molecule has 0 aliphatic heterocycles. The van der Waals surface area contributed by atoms with E-state index < -0.39 is 0 Å². The molecule has 0 unspecified atom stereocenters. The number of hydrogen-bond acceptors (Lipinski definition) is 4. The third-order valence-corrected chi connectivity index (χ3v) is 5.49. The maximum atomic E-state index is 12.3. The lowest BCUT2D eigenvalue weighted by atomic mass is 10.1. The van der Waals surface area contributed by atoms with Crippen molar-refractivity contribution in [3.8, 4) is 11.1 Å². The summed E-state index contributed by atoms with van der Waals surface area (Å²) in [7, 11) is 0. The first kappa shape index (κ1) is 17.1. The van der Waals surface area contributed by atoms with Crippen LogP contribution >= 0.6 is 35.0 Å². The third kappa shape index (κ3) is 3.35. The minimum atomic E-state index is -0.325. The van der Waals surface area contributed by atoms with Gasteiger partial charge in [-0.25, -0.2) is 9.78 Å². The van der Waals surface area contributed by atoms with E-state index in [1.54, 1.807) is 12.3 Å². The SMILES string of the molecule is O=c1[nH]c(SCc2ccc(Cl)c(Cl)c2)nc2c(-c3ccccc3)cnn12. The van der Waals surface area contributed by atoms with Crippen molar-refractivity contribution in [1.82, 2.24) is 19.6 Å². The molecule has 0 saturated carbocycles. The first-order chi connectivity index (χ1) is 12.6. The summed E-state index contributed by atoms with van der Waals surface area (Å²) < 4.78 is 1.27. The van der Waals surface area contributed by atoms with Crippen LogP contribution in [0.25, 0.3) is 16.8 Å². The first-order valence-electron chi connectivity index (χ1n) is 7.72. The molecule has 0 fully saturated rings. The van der Waals surface area contributed by atoms with Gasteiger partial charge in [-0.05, 0) is 23.3 Å². The molecule has 0 atom stereocenters. The van der Waals surface area contributed by atoms with Gasteiger partial charge in [0, 0.05) is 11.3 Å². The molecule has 26 heavy (non-hydrogen) atoms. The highest BCUT2D eigenvalue weighted by atomic mass is 35.5. The summed E-state index contributed by atoms with van der Waals surface area (Å²) >= 11 is 13.4. The third-order valence-electron chi connectivity index (χ3n) is 3.80. The van der Waals surface area contributed by atoms with Gasteiger partial charge in [-0.1, -0.05) is 71.4 Å². The van der Waals surface area contributed by atoms with Crippen LogP contribution < -0.4 is 5.69 Å². The molecule has 4 aromatic rings. The molecule has 1 N–H and O–H groups in total. The lowest BCUT2D eigenvalue weighted by Gasteiger charge is -2.04. The van der Waals surface area contributed by atoms with E-state index in [4.69, 9.17) is 23.2 Å². The van der Waals surface area contributed by atoms with Gasteiger partial charge in [0.25, 0.3) is 0 Å². The molecule has 2 heterocycles. The van der Waals surface area contributed by atoms with Crippen LogP contribution in [0, 0.1) is 0 Å². The molecule has 130 valence electrons. The Balaban J connectivity index is 1.68. The van der Waals surface area contributed by atoms with Crippen molar-refractivity contribution in [3.63, 3.8) is 0 Å². The highest BCUT2D eigenvalue weighted by Gasteiger charge is 2.12. The molecule has 2 aromatic carbocycles. The summed E-state index contributed by atoms with van der Waals surface area (Å²) in [5, 5.41) is 5.68. The molecule has 0 aliphatic carbocycles. The number of rotatable bonds is 4. The van der Waals surface area contributed by atoms with Gasteiger partial charge in [0.15, 0.2) is 10.8 Å². The van der Waals surface area contributed by atoms with Crippen molar-refractivity contribution in [3.05, 3.63) is 80.8 Å². The second kappa shape index (κ2) is 7.15. The van der Waals surface area contributed by atoms with Crippen LogP contribution in [0.15, 0.2) is 64.7 Å². The van der Waals surface area contributed by atoms with Crippen molar-refractivity contribution in [2.75, 3.05) is 0 Å². The van der Waals surface area contributed by atoms with E-state index >= 15 is 0 Å². The summed E-state index contributed by atoms with van der Waals surface area (Å²) in [6.45, 7) is 0. The number of nitrogens with zero attached hydrogens (tertiary/aromatic N) is 3. The van der Waals surface area contributed by atoms with Crippen LogP contribution in [0.4, 0.5) is 0 Å². The Bertz CT molecular complexity index is 1140. The van der Waals surface area contributed by atoms with Crippen molar-refractivity contribution in [1.29, 1.82) is 0 Å². The Labute approximate surface area is 163 Å². The van der Waals surface area contributed by atoms with Gasteiger partial charge in [0.05, 0.1) is 16.2 Å². The van der Waals surface area contributed by atoms with Crippen LogP contribution in [0.3, 0.4) is 0 Å². The Hall–Kier alpha value is -2.28.